The molecule has 2 N–H and O–H groups in total. The minimum Gasteiger partial charge on any atom is -0.328 e. The van der Waals surface area contributed by atoms with Crippen molar-refractivity contribution in [1.82, 2.24) is 0 Å². The van der Waals surface area contributed by atoms with Crippen LogP contribution in [0.1, 0.15) is 25.7 Å². The number of nitrogens with two attached hydrogens (primary N) is 1. The van der Waals surface area contributed by atoms with E-state index in [0.29, 0.717) is 11.3 Å². The molecule has 1 saturated carbocycles. The van der Waals surface area contributed by atoms with Crippen molar-refractivity contribution in [3.63, 3.8) is 0 Å². The zero-order valence-corrected chi connectivity index (χ0v) is 5.90. The maximum atomic E-state index is 5.68. The molecule has 0 aromatic carbocycles. The van der Waals surface area contributed by atoms with Gasteiger partial charge in [-0.1, -0.05) is 6.42 Å². The van der Waals surface area contributed by atoms with E-state index in [4.69, 9.17) is 5.73 Å². The van der Waals surface area contributed by atoms with E-state index in [0.717, 1.165) is 6.42 Å². The lowest BCUT2D eigenvalue weighted by molar-refractivity contribution is 0.453. The zero-order valence-electron chi connectivity index (χ0n) is 5.01. The highest BCUT2D eigenvalue weighted by molar-refractivity contribution is 7.80. The number of hydrogen-bond donors (Lipinski definition) is 2. The lowest BCUT2D eigenvalue weighted by Crippen LogP contribution is -2.27. The van der Waals surface area contributed by atoms with Crippen molar-refractivity contribution in [2.75, 3.05) is 0 Å². The summed E-state index contributed by atoms with van der Waals surface area (Å²) in [7, 11) is 0. The molecule has 0 aromatic heterocycles. The first kappa shape index (κ1) is 6.43. The summed E-state index contributed by atoms with van der Waals surface area (Å²) in [5.41, 5.74) is 5.68. The first-order valence-electron chi connectivity index (χ1n) is 3.22. The monoisotopic (exact) mass is 131 g/mol. The Morgan fingerprint density at radius 2 is 2.12 bits per heavy atom. The molecule has 0 spiro atoms. The van der Waals surface area contributed by atoms with Gasteiger partial charge < -0.3 is 5.73 Å². The van der Waals surface area contributed by atoms with Crippen LogP contribution in [0, 0.1) is 0 Å². The molecule has 1 fully saturated rings. The molecule has 0 heterocycles. The highest BCUT2D eigenvalue weighted by Gasteiger charge is 2.14. The Morgan fingerprint density at radius 1 is 1.38 bits per heavy atom. The van der Waals surface area contributed by atoms with Gasteiger partial charge in [-0.2, -0.15) is 12.6 Å². The molecule has 0 amide bonds. The molecule has 1 aliphatic rings. The third-order valence-electron chi connectivity index (χ3n) is 1.69. The van der Waals surface area contributed by atoms with Crippen molar-refractivity contribution in [3.8, 4) is 0 Å². The van der Waals surface area contributed by atoms with Gasteiger partial charge >= 0.3 is 0 Å². The summed E-state index contributed by atoms with van der Waals surface area (Å²) < 4.78 is 0. The molecule has 8 heavy (non-hydrogen) atoms. The molecule has 0 bridgehead atoms. The van der Waals surface area contributed by atoms with Crippen LogP contribution in [0.2, 0.25) is 0 Å². The maximum absolute atomic E-state index is 5.68. The van der Waals surface area contributed by atoms with Gasteiger partial charge in [0.2, 0.25) is 0 Å². The van der Waals surface area contributed by atoms with Gasteiger partial charge in [0.25, 0.3) is 0 Å². The van der Waals surface area contributed by atoms with Crippen LogP contribution in [0.3, 0.4) is 0 Å². The predicted molar refractivity (Wildman–Crippen MR) is 39.2 cm³/mol. The van der Waals surface area contributed by atoms with Crippen molar-refractivity contribution in [2.45, 2.75) is 37.0 Å². The van der Waals surface area contributed by atoms with Crippen LogP contribution in [0.15, 0.2) is 0 Å². The van der Waals surface area contributed by atoms with E-state index in [1.807, 2.05) is 0 Å². The van der Waals surface area contributed by atoms with Crippen LogP contribution < -0.4 is 5.73 Å². The Kier molecular flexibility index (Phi) is 2.20. The Balaban J connectivity index is 2.23. The molecule has 2 unspecified atom stereocenters. The zero-order chi connectivity index (χ0) is 5.98. The predicted octanol–water partition coefficient (Wildman–Crippen LogP) is 1.19. The normalized spacial score (nSPS) is 39.8. The topological polar surface area (TPSA) is 26.0 Å². The Bertz CT molecular complexity index is 66.9. The molecule has 0 aliphatic heterocycles. The fraction of sp³-hybridized carbons (Fsp3) is 1.00. The summed E-state index contributed by atoms with van der Waals surface area (Å²) >= 11 is 4.34. The van der Waals surface area contributed by atoms with Crippen molar-refractivity contribution < 1.29 is 0 Å². The molecule has 1 nitrogen and oxygen atoms in total. The van der Waals surface area contributed by atoms with Gasteiger partial charge in [-0.3, -0.25) is 0 Å². The van der Waals surface area contributed by atoms with Crippen molar-refractivity contribution in [1.29, 1.82) is 0 Å². The van der Waals surface area contributed by atoms with Crippen LogP contribution in [-0.4, -0.2) is 11.3 Å². The Labute approximate surface area is 56.1 Å². The van der Waals surface area contributed by atoms with E-state index in [1.54, 1.807) is 0 Å². The first-order valence-corrected chi connectivity index (χ1v) is 3.74. The Hall–Kier alpha value is 0.310. The summed E-state index contributed by atoms with van der Waals surface area (Å²) in [6.45, 7) is 0. The average molecular weight is 131 g/mol. The molecule has 0 aromatic rings. The van der Waals surface area contributed by atoms with Gasteiger partial charge in [-0.25, -0.2) is 0 Å². The van der Waals surface area contributed by atoms with Gasteiger partial charge in [0, 0.05) is 11.3 Å². The van der Waals surface area contributed by atoms with Gasteiger partial charge in [0.05, 0.1) is 0 Å². The molecule has 1 aliphatic carbocycles. The SMILES string of the molecule is NC1CCCC(S)C1. The summed E-state index contributed by atoms with van der Waals surface area (Å²) in [5.74, 6) is 0. The fourth-order valence-corrected chi connectivity index (χ4v) is 1.65. The third kappa shape index (κ3) is 1.67. The molecule has 1 rings (SSSR count). The number of rotatable bonds is 0. The minimum absolute atomic E-state index is 0.436. The van der Waals surface area contributed by atoms with Crippen LogP contribution in [0.4, 0.5) is 0 Å². The molecule has 0 radical (unpaired) electrons. The van der Waals surface area contributed by atoms with E-state index in [2.05, 4.69) is 12.6 Å². The average Bonchev–Trinajstić information content (AvgIpc) is 1.64. The maximum Gasteiger partial charge on any atom is 0.00492 e. The molecule has 48 valence electrons. The van der Waals surface area contributed by atoms with Gasteiger partial charge in [0.1, 0.15) is 0 Å². The lowest BCUT2D eigenvalue weighted by atomic mass is 9.96. The molecule has 2 atom stereocenters. The van der Waals surface area contributed by atoms with Crippen molar-refractivity contribution in [2.24, 2.45) is 5.73 Å². The molecule has 0 saturated heterocycles. The van der Waals surface area contributed by atoms with Crippen LogP contribution in [0.25, 0.3) is 0 Å². The van der Waals surface area contributed by atoms with Gasteiger partial charge in [-0.15, -0.1) is 0 Å². The molecular weight excluding hydrogens is 118 g/mol. The smallest absolute Gasteiger partial charge is 0.00492 e. The van der Waals surface area contributed by atoms with E-state index in [9.17, 15) is 0 Å². The molecular formula is C6H13NS. The lowest BCUT2D eigenvalue weighted by Gasteiger charge is -2.22. The van der Waals surface area contributed by atoms with E-state index in [1.165, 1.54) is 19.3 Å². The minimum atomic E-state index is 0.436. The standard InChI is InChI=1S/C6H13NS/c7-5-2-1-3-6(8)4-5/h5-6,8H,1-4,7H2. The second kappa shape index (κ2) is 2.74. The summed E-state index contributed by atoms with van der Waals surface area (Å²) in [6.07, 6.45) is 4.85. The van der Waals surface area contributed by atoms with Crippen LogP contribution in [-0.2, 0) is 0 Å². The van der Waals surface area contributed by atoms with E-state index in [-0.39, 0.29) is 0 Å². The third-order valence-corrected chi connectivity index (χ3v) is 2.16. The molecule has 2 heteroatoms. The quantitative estimate of drug-likeness (QED) is 0.474. The Morgan fingerprint density at radius 3 is 2.50 bits per heavy atom. The van der Waals surface area contributed by atoms with Crippen molar-refractivity contribution >= 4 is 12.6 Å². The first-order chi connectivity index (χ1) is 3.79. The van der Waals surface area contributed by atoms with Crippen molar-refractivity contribution in [3.05, 3.63) is 0 Å². The number of hydrogen-bond acceptors (Lipinski definition) is 2. The van der Waals surface area contributed by atoms with Gasteiger partial charge in [-0.05, 0) is 19.3 Å². The highest BCUT2D eigenvalue weighted by atomic mass is 32.1. The second-order valence-electron chi connectivity index (χ2n) is 2.58. The largest absolute Gasteiger partial charge is 0.328 e. The highest BCUT2D eigenvalue weighted by Crippen LogP contribution is 2.20. The summed E-state index contributed by atoms with van der Waals surface area (Å²) in [6, 6.07) is 0.436. The fourth-order valence-electron chi connectivity index (χ4n) is 1.20. The van der Waals surface area contributed by atoms with Crippen LogP contribution >= 0.6 is 12.6 Å². The second-order valence-corrected chi connectivity index (χ2v) is 3.31. The summed E-state index contributed by atoms with van der Waals surface area (Å²) in [4.78, 5) is 0. The van der Waals surface area contributed by atoms with E-state index >= 15 is 0 Å². The number of thiol groups is 1. The van der Waals surface area contributed by atoms with E-state index < -0.39 is 0 Å². The van der Waals surface area contributed by atoms with Gasteiger partial charge in [0.15, 0.2) is 0 Å². The van der Waals surface area contributed by atoms with Crippen LogP contribution in [0.5, 0.6) is 0 Å². The summed E-state index contributed by atoms with van der Waals surface area (Å²) in [5, 5.41) is 0.582.